The molecule has 19 heavy (non-hydrogen) atoms. The van der Waals surface area contributed by atoms with Crippen molar-refractivity contribution in [3.8, 4) is 0 Å². The van der Waals surface area contributed by atoms with Gasteiger partial charge in [-0.2, -0.15) is 5.10 Å². The molecule has 2 heterocycles. The van der Waals surface area contributed by atoms with E-state index in [0.29, 0.717) is 25.3 Å². The summed E-state index contributed by atoms with van der Waals surface area (Å²) in [6.45, 7) is 4.74. The molecular formula is C11H19N3O4S. The highest BCUT2D eigenvalue weighted by molar-refractivity contribution is 7.89. The highest BCUT2D eigenvalue weighted by Gasteiger charge is 2.30. The average Bonchev–Trinajstić information content (AvgIpc) is 2.74. The highest BCUT2D eigenvalue weighted by atomic mass is 32.2. The number of aliphatic hydroxyl groups excluding tert-OH is 1. The van der Waals surface area contributed by atoms with Crippen molar-refractivity contribution in [3.05, 3.63) is 11.9 Å². The Bertz CT molecular complexity index is 540. The van der Waals surface area contributed by atoms with E-state index in [1.165, 1.54) is 6.20 Å². The zero-order valence-electron chi connectivity index (χ0n) is 11.0. The number of aromatic nitrogens is 2. The zero-order chi connectivity index (χ0) is 14.0. The summed E-state index contributed by atoms with van der Waals surface area (Å²) in [6, 6.07) is -0.511. The molecule has 0 amide bonds. The molecule has 0 unspecified atom stereocenters. The zero-order valence-corrected chi connectivity index (χ0v) is 11.9. The number of nitrogens with zero attached hydrogens (tertiary/aromatic N) is 2. The van der Waals surface area contributed by atoms with Crippen LogP contribution in [0.25, 0.3) is 0 Å². The molecule has 0 saturated carbocycles. The second-order valence-electron chi connectivity index (χ2n) is 4.59. The summed E-state index contributed by atoms with van der Waals surface area (Å²) in [6.07, 6.45) is 1.15. The second-order valence-corrected chi connectivity index (χ2v) is 6.28. The third kappa shape index (κ3) is 3.14. The SMILES string of the molecule is CCn1cc(S(=O)(=O)N[C@@H]2CCOC[C@H]2O)c(C)n1. The Labute approximate surface area is 112 Å². The molecule has 0 aliphatic carbocycles. The van der Waals surface area contributed by atoms with Crippen molar-refractivity contribution in [1.29, 1.82) is 0 Å². The first kappa shape index (κ1) is 14.4. The lowest BCUT2D eigenvalue weighted by Crippen LogP contribution is -2.48. The van der Waals surface area contributed by atoms with E-state index >= 15 is 0 Å². The van der Waals surface area contributed by atoms with E-state index in [4.69, 9.17) is 4.74 Å². The summed E-state index contributed by atoms with van der Waals surface area (Å²) < 4.78 is 33.7. The second kappa shape index (κ2) is 5.58. The van der Waals surface area contributed by atoms with Crippen LogP contribution in [-0.2, 0) is 21.3 Å². The van der Waals surface area contributed by atoms with Crippen molar-refractivity contribution < 1.29 is 18.3 Å². The quantitative estimate of drug-likeness (QED) is 0.789. The van der Waals surface area contributed by atoms with Gasteiger partial charge in [0.15, 0.2) is 0 Å². The maximum atomic E-state index is 12.3. The Hall–Kier alpha value is -0.960. The van der Waals surface area contributed by atoms with Crippen LogP contribution in [0.2, 0.25) is 0 Å². The Kier molecular flexibility index (Phi) is 4.24. The number of hydrogen-bond donors (Lipinski definition) is 2. The van der Waals surface area contributed by atoms with Crippen molar-refractivity contribution in [1.82, 2.24) is 14.5 Å². The molecule has 0 bridgehead atoms. The summed E-state index contributed by atoms with van der Waals surface area (Å²) in [5, 5.41) is 13.8. The van der Waals surface area contributed by atoms with Gasteiger partial charge in [0.05, 0.1) is 24.4 Å². The number of nitrogens with one attached hydrogen (secondary N) is 1. The molecule has 0 spiro atoms. The number of rotatable bonds is 4. The van der Waals surface area contributed by atoms with Crippen LogP contribution in [0, 0.1) is 6.92 Å². The third-order valence-electron chi connectivity index (χ3n) is 3.15. The van der Waals surface area contributed by atoms with Crippen molar-refractivity contribution in [2.24, 2.45) is 0 Å². The third-order valence-corrected chi connectivity index (χ3v) is 4.74. The number of sulfonamides is 1. The van der Waals surface area contributed by atoms with E-state index < -0.39 is 22.2 Å². The van der Waals surface area contributed by atoms with Crippen molar-refractivity contribution in [2.75, 3.05) is 13.2 Å². The molecule has 1 aliphatic heterocycles. The molecule has 1 saturated heterocycles. The maximum absolute atomic E-state index is 12.3. The van der Waals surface area contributed by atoms with Gasteiger partial charge in [0.25, 0.3) is 0 Å². The molecule has 0 aromatic carbocycles. The smallest absolute Gasteiger partial charge is 0.244 e. The largest absolute Gasteiger partial charge is 0.389 e. The summed E-state index contributed by atoms with van der Waals surface area (Å²) in [5.41, 5.74) is 0.455. The lowest BCUT2D eigenvalue weighted by Gasteiger charge is -2.28. The molecule has 0 radical (unpaired) electrons. The first-order valence-corrected chi connectivity index (χ1v) is 7.74. The van der Waals surface area contributed by atoms with Gasteiger partial charge < -0.3 is 9.84 Å². The van der Waals surface area contributed by atoms with Crippen LogP contribution in [0.15, 0.2) is 11.1 Å². The summed E-state index contributed by atoms with van der Waals surface area (Å²) in [5.74, 6) is 0. The van der Waals surface area contributed by atoms with E-state index in [9.17, 15) is 13.5 Å². The molecular weight excluding hydrogens is 270 g/mol. The van der Waals surface area contributed by atoms with Gasteiger partial charge in [0.2, 0.25) is 10.0 Å². The summed E-state index contributed by atoms with van der Waals surface area (Å²) in [7, 11) is -3.66. The lowest BCUT2D eigenvalue weighted by atomic mass is 10.1. The highest BCUT2D eigenvalue weighted by Crippen LogP contribution is 2.16. The fraction of sp³-hybridized carbons (Fsp3) is 0.727. The summed E-state index contributed by atoms with van der Waals surface area (Å²) in [4.78, 5) is 0.160. The van der Waals surface area contributed by atoms with Gasteiger partial charge in [0, 0.05) is 19.3 Å². The minimum atomic E-state index is -3.66. The molecule has 1 aromatic rings. The fourth-order valence-corrected chi connectivity index (χ4v) is 3.54. The molecule has 7 nitrogen and oxygen atoms in total. The van der Waals surface area contributed by atoms with Crippen LogP contribution in [0.5, 0.6) is 0 Å². The number of hydrogen-bond acceptors (Lipinski definition) is 5. The topological polar surface area (TPSA) is 93.5 Å². The Balaban J connectivity index is 2.19. The van der Waals surface area contributed by atoms with Crippen molar-refractivity contribution in [3.63, 3.8) is 0 Å². The lowest BCUT2D eigenvalue weighted by molar-refractivity contribution is -0.0222. The summed E-state index contributed by atoms with van der Waals surface area (Å²) >= 11 is 0. The van der Waals surface area contributed by atoms with E-state index in [1.54, 1.807) is 11.6 Å². The van der Waals surface area contributed by atoms with Gasteiger partial charge in [-0.25, -0.2) is 13.1 Å². The predicted octanol–water partition coefficient (Wildman–Crippen LogP) is -0.360. The first-order valence-electron chi connectivity index (χ1n) is 6.26. The Morgan fingerprint density at radius 3 is 2.95 bits per heavy atom. The van der Waals surface area contributed by atoms with Crippen LogP contribution in [-0.4, -0.2) is 48.7 Å². The molecule has 1 fully saturated rings. The first-order chi connectivity index (χ1) is 8.94. The van der Waals surface area contributed by atoms with Crippen molar-refractivity contribution in [2.45, 2.75) is 43.9 Å². The molecule has 8 heteroatoms. The van der Waals surface area contributed by atoms with Crippen LogP contribution >= 0.6 is 0 Å². The van der Waals surface area contributed by atoms with Crippen molar-refractivity contribution >= 4 is 10.0 Å². The van der Waals surface area contributed by atoms with E-state index in [2.05, 4.69) is 9.82 Å². The van der Waals surface area contributed by atoms with Gasteiger partial charge >= 0.3 is 0 Å². The fourth-order valence-electron chi connectivity index (χ4n) is 2.05. The van der Waals surface area contributed by atoms with E-state index in [0.717, 1.165) is 0 Å². The number of aliphatic hydroxyl groups is 1. The normalized spacial score (nSPS) is 24.6. The maximum Gasteiger partial charge on any atom is 0.244 e. The van der Waals surface area contributed by atoms with Gasteiger partial charge in [-0.15, -0.1) is 0 Å². The molecule has 2 N–H and O–H groups in total. The van der Waals surface area contributed by atoms with Crippen LogP contribution < -0.4 is 4.72 Å². The average molecular weight is 289 g/mol. The van der Waals surface area contributed by atoms with Gasteiger partial charge in [-0.1, -0.05) is 0 Å². The van der Waals surface area contributed by atoms with Crippen LogP contribution in [0.3, 0.4) is 0 Å². The molecule has 1 aliphatic rings. The van der Waals surface area contributed by atoms with E-state index in [1.807, 2.05) is 6.92 Å². The van der Waals surface area contributed by atoms with Crippen LogP contribution in [0.4, 0.5) is 0 Å². The van der Waals surface area contributed by atoms with Gasteiger partial charge in [-0.3, -0.25) is 4.68 Å². The molecule has 108 valence electrons. The minimum Gasteiger partial charge on any atom is -0.389 e. The Morgan fingerprint density at radius 1 is 1.63 bits per heavy atom. The number of ether oxygens (including phenoxy) is 1. The number of aryl methyl sites for hydroxylation is 2. The van der Waals surface area contributed by atoms with Gasteiger partial charge in [-0.05, 0) is 20.3 Å². The van der Waals surface area contributed by atoms with E-state index in [-0.39, 0.29) is 11.5 Å². The minimum absolute atomic E-state index is 0.153. The Morgan fingerprint density at radius 2 is 2.37 bits per heavy atom. The monoisotopic (exact) mass is 289 g/mol. The molecule has 1 aromatic heterocycles. The molecule has 2 rings (SSSR count). The van der Waals surface area contributed by atoms with Crippen LogP contribution in [0.1, 0.15) is 19.0 Å². The molecule has 2 atom stereocenters. The predicted molar refractivity (Wildman–Crippen MR) is 68.2 cm³/mol. The van der Waals surface area contributed by atoms with Gasteiger partial charge in [0.1, 0.15) is 4.90 Å². The standard InChI is InChI=1S/C11H19N3O4S/c1-3-14-6-11(8(2)12-14)19(16,17)13-9-4-5-18-7-10(9)15/h6,9-10,13,15H,3-5,7H2,1-2H3/t9-,10-/m1/s1.